The third kappa shape index (κ3) is 3.09. The van der Waals surface area contributed by atoms with Crippen molar-refractivity contribution in [3.63, 3.8) is 0 Å². The van der Waals surface area contributed by atoms with Gasteiger partial charge < -0.3 is 15.0 Å². The monoisotopic (exact) mass is 280 g/mol. The summed E-state index contributed by atoms with van der Waals surface area (Å²) in [5, 5.41) is 11.8. The lowest BCUT2D eigenvalue weighted by atomic mass is 10.2. The van der Waals surface area contributed by atoms with E-state index in [1.54, 1.807) is 10.8 Å². The average Bonchev–Trinajstić information content (AvgIpc) is 3.11. The van der Waals surface area contributed by atoms with Crippen molar-refractivity contribution in [2.24, 2.45) is 0 Å². The first-order valence-corrected chi connectivity index (χ1v) is 6.25. The Morgan fingerprint density at radius 2 is 2.32 bits per heavy atom. The van der Waals surface area contributed by atoms with Crippen LogP contribution in [0.2, 0.25) is 5.02 Å². The largest absolute Gasteiger partial charge is 0.480 e. The number of carbonyl (C=O) groups is 2. The summed E-state index contributed by atoms with van der Waals surface area (Å²) in [6.45, 7) is 0. The third-order valence-corrected chi connectivity index (χ3v) is 3.12. The molecule has 6 heteroatoms. The molecule has 0 radical (unpaired) electrons. The van der Waals surface area contributed by atoms with Gasteiger partial charge >= 0.3 is 5.97 Å². The maximum absolute atomic E-state index is 12.1. The molecule has 0 aliphatic heterocycles. The minimum atomic E-state index is -1.15. The predicted octanol–water partition coefficient (Wildman–Crippen LogP) is 1.68. The highest BCUT2D eigenvalue weighted by Gasteiger charge is 2.29. The van der Waals surface area contributed by atoms with Crippen molar-refractivity contribution in [1.29, 1.82) is 0 Å². The average molecular weight is 281 g/mol. The van der Waals surface area contributed by atoms with Crippen LogP contribution in [0.4, 0.5) is 0 Å². The molecule has 2 rings (SSSR count). The molecule has 19 heavy (non-hydrogen) atoms. The lowest BCUT2D eigenvalue weighted by Crippen LogP contribution is -2.41. The number of hydrogen-bond acceptors (Lipinski definition) is 2. The van der Waals surface area contributed by atoms with Crippen molar-refractivity contribution < 1.29 is 14.7 Å². The molecule has 100 valence electrons. The van der Waals surface area contributed by atoms with Gasteiger partial charge in [-0.25, -0.2) is 4.79 Å². The predicted molar refractivity (Wildman–Crippen MR) is 70.1 cm³/mol. The minimum absolute atomic E-state index is 0.0566. The van der Waals surface area contributed by atoms with E-state index in [2.05, 4.69) is 11.2 Å². The number of nitrogens with zero attached hydrogens (tertiary/aromatic N) is 1. The Morgan fingerprint density at radius 1 is 1.63 bits per heavy atom. The summed E-state index contributed by atoms with van der Waals surface area (Å²) in [6, 6.07) is 0.729. The maximum atomic E-state index is 12.1. The Bertz CT molecular complexity index is 555. The molecule has 1 amide bonds. The second-order valence-corrected chi connectivity index (χ2v) is 4.89. The fraction of sp³-hybridized carbons (Fsp3) is 0.385. The SMILES string of the molecule is C#CCC(NC(=O)c1cc(Cl)cn1C1CC1)C(=O)O. The highest BCUT2D eigenvalue weighted by atomic mass is 35.5. The van der Waals surface area contributed by atoms with E-state index in [9.17, 15) is 9.59 Å². The Labute approximate surface area is 115 Å². The Kier molecular flexibility index (Phi) is 3.82. The third-order valence-electron chi connectivity index (χ3n) is 2.91. The van der Waals surface area contributed by atoms with Gasteiger partial charge in [-0.15, -0.1) is 12.3 Å². The first-order chi connectivity index (χ1) is 9.02. The van der Waals surface area contributed by atoms with Crippen LogP contribution in [0, 0.1) is 12.3 Å². The molecular formula is C13H13ClN2O3. The van der Waals surface area contributed by atoms with Crippen LogP contribution in [-0.4, -0.2) is 27.6 Å². The number of carbonyl (C=O) groups excluding carboxylic acids is 1. The second-order valence-electron chi connectivity index (χ2n) is 4.45. The van der Waals surface area contributed by atoms with E-state index in [0.29, 0.717) is 10.7 Å². The molecule has 5 nitrogen and oxygen atoms in total. The zero-order valence-corrected chi connectivity index (χ0v) is 10.9. The van der Waals surface area contributed by atoms with Gasteiger partial charge in [0.25, 0.3) is 5.91 Å². The first-order valence-electron chi connectivity index (χ1n) is 5.87. The molecule has 1 aromatic heterocycles. The van der Waals surface area contributed by atoms with Crippen LogP contribution in [0.1, 0.15) is 35.8 Å². The smallest absolute Gasteiger partial charge is 0.327 e. The zero-order valence-electron chi connectivity index (χ0n) is 10.1. The van der Waals surface area contributed by atoms with Crippen molar-refractivity contribution >= 4 is 23.5 Å². The Balaban J connectivity index is 2.15. The summed E-state index contributed by atoms with van der Waals surface area (Å²) in [5.74, 6) is 0.611. The maximum Gasteiger partial charge on any atom is 0.327 e. The number of hydrogen-bond donors (Lipinski definition) is 2. The van der Waals surface area contributed by atoms with Crippen LogP contribution in [0.25, 0.3) is 0 Å². The van der Waals surface area contributed by atoms with Gasteiger partial charge in [0.1, 0.15) is 11.7 Å². The van der Waals surface area contributed by atoms with Gasteiger partial charge in [0.15, 0.2) is 0 Å². The van der Waals surface area contributed by atoms with Crippen LogP contribution in [0.3, 0.4) is 0 Å². The van der Waals surface area contributed by atoms with E-state index in [-0.39, 0.29) is 12.5 Å². The summed E-state index contributed by atoms with van der Waals surface area (Å²) in [4.78, 5) is 23.0. The number of carboxylic acids is 1. The number of rotatable bonds is 5. The number of terminal acetylenes is 1. The Morgan fingerprint density at radius 3 is 2.84 bits per heavy atom. The molecule has 0 aromatic carbocycles. The topological polar surface area (TPSA) is 71.3 Å². The molecule has 0 bridgehead atoms. The van der Waals surface area contributed by atoms with E-state index in [0.717, 1.165) is 12.8 Å². The number of aromatic nitrogens is 1. The number of nitrogens with one attached hydrogen (secondary N) is 1. The summed E-state index contributed by atoms with van der Waals surface area (Å²) in [6.07, 6.45) is 8.71. The van der Waals surface area contributed by atoms with E-state index in [1.807, 2.05) is 0 Å². The number of halogens is 1. The number of carboxylic acid groups (broad SMARTS) is 1. The molecule has 1 heterocycles. The van der Waals surface area contributed by atoms with Crippen LogP contribution >= 0.6 is 11.6 Å². The number of amides is 1. The standard InChI is InChI=1S/C13H13ClN2O3/c1-2-3-10(13(18)19)15-12(17)11-6-8(14)7-16(11)9-4-5-9/h1,6-7,9-10H,3-5H2,(H,15,17)(H,18,19). The first kappa shape index (κ1) is 13.5. The van der Waals surface area contributed by atoms with Crippen molar-refractivity contribution in [1.82, 2.24) is 9.88 Å². The molecular weight excluding hydrogens is 268 g/mol. The highest BCUT2D eigenvalue weighted by Crippen LogP contribution is 2.37. The van der Waals surface area contributed by atoms with E-state index in [1.165, 1.54) is 6.07 Å². The van der Waals surface area contributed by atoms with Gasteiger partial charge in [-0.05, 0) is 18.9 Å². The van der Waals surface area contributed by atoms with Gasteiger partial charge in [-0.3, -0.25) is 4.79 Å². The van der Waals surface area contributed by atoms with Crippen LogP contribution in [-0.2, 0) is 4.79 Å². The van der Waals surface area contributed by atoms with Crippen molar-refractivity contribution in [3.8, 4) is 12.3 Å². The lowest BCUT2D eigenvalue weighted by molar-refractivity contribution is -0.139. The van der Waals surface area contributed by atoms with Gasteiger partial charge in [-0.1, -0.05) is 11.6 Å². The van der Waals surface area contributed by atoms with E-state index < -0.39 is 17.9 Å². The van der Waals surface area contributed by atoms with Crippen molar-refractivity contribution in [2.45, 2.75) is 31.3 Å². The summed E-state index contributed by atoms with van der Waals surface area (Å²) >= 11 is 5.89. The number of aliphatic carboxylic acids is 1. The van der Waals surface area contributed by atoms with Crippen LogP contribution in [0.5, 0.6) is 0 Å². The van der Waals surface area contributed by atoms with Gasteiger partial charge in [-0.2, -0.15) is 0 Å². The molecule has 1 fully saturated rings. The summed E-state index contributed by atoms with van der Waals surface area (Å²) < 4.78 is 1.78. The Hall–Kier alpha value is -1.93. The molecule has 1 aromatic rings. The minimum Gasteiger partial charge on any atom is -0.480 e. The van der Waals surface area contributed by atoms with Crippen molar-refractivity contribution in [2.75, 3.05) is 0 Å². The second kappa shape index (κ2) is 5.37. The molecule has 2 N–H and O–H groups in total. The van der Waals surface area contributed by atoms with Gasteiger partial charge in [0, 0.05) is 18.7 Å². The molecule has 1 atom stereocenters. The van der Waals surface area contributed by atoms with E-state index in [4.69, 9.17) is 23.1 Å². The summed E-state index contributed by atoms with van der Waals surface area (Å²) in [5.41, 5.74) is 0.371. The normalized spacial score (nSPS) is 15.6. The zero-order chi connectivity index (χ0) is 14.0. The van der Waals surface area contributed by atoms with Crippen LogP contribution < -0.4 is 5.32 Å². The lowest BCUT2D eigenvalue weighted by Gasteiger charge is -2.13. The quantitative estimate of drug-likeness (QED) is 0.806. The molecule has 0 saturated heterocycles. The fourth-order valence-electron chi connectivity index (χ4n) is 1.83. The molecule has 1 aliphatic rings. The van der Waals surface area contributed by atoms with Gasteiger partial charge in [0.05, 0.1) is 5.02 Å². The highest BCUT2D eigenvalue weighted by molar-refractivity contribution is 6.31. The van der Waals surface area contributed by atoms with Crippen LogP contribution in [0.15, 0.2) is 12.3 Å². The fourth-order valence-corrected chi connectivity index (χ4v) is 2.04. The summed E-state index contributed by atoms with van der Waals surface area (Å²) in [7, 11) is 0. The van der Waals surface area contributed by atoms with E-state index >= 15 is 0 Å². The molecule has 1 saturated carbocycles. The molecule has 0 spiro atoms. The van der Waals surface area contributed by atoms with Crippen molar-refractivity contribution in [3.05, 3.63) is 23.0 Å². The van der Waals surface area contributed by atoms with Gasteiger partial charge in [0.2, 0.25) is 0 Å². The molecule has 1 unspecified atom stereocenters. The molecule has 1 aliphatic carbocycles.